The molecule has 6 nitrogen and oxygen atoms in total. The van der Waals surface area contributed by atoms with Crippen molar-refractivity contribution in [1.29, 1.82) is 0 Å². The molecule has 138 valence electrons. The molecule has 1 aliphatic rings. The number of aromatic nitrogens is 2. The highest BCUT2D eigenvalue weighted by Crippen LogP contribution is 2.22. The Hall–Kier alpha value is -3.15. The van der Waals surface area contributed by atoms with Gasteiger partial charge in [-0.25, -0.2) is 0 Å². The second kappa shape index (κ2) is 7.23. The molecule has 4 rings (SSSR count). The monoisotopic (exact) mass is 362 g/mol. The van der Waals surface area contributed by atoms with Crippen LogP contribution in [0.3, 0.4) is 0 Å². The van der Waals surface area contributed by atoms with Gasteiger partial charge in [0.2, 0.25) is 11.8 Å². The van der Waals surface area contributed by atoms with Crippen LogP contribution in [0.1, 0.15) is 17.7 Å². The van der Waals surface area contributed by atoms with Crippen LogP contribution in [-0.4, -0.2) is 39.1 Å². The number of carbonyl (C=O) groups is 2. The summed E-state index contributed by atoms with van der Waals surface area (Å²) in [6.45, 7) is 3.18. The van der Waals surface area contributed by atoms with Crippen LogP contribution in [0.2, 0.25) is 0 Å². The molecule has 2 aromatic carbocycles. The van der Waals surface area contributed by atoms with Crippen molar-refractivity contribution in [3.05, 3.63) is 66.0 Å². The van der Waals surface area contributed by atoms with E-state index in [1.165, 1.54) is 5.39 Å². The number of fused-ring (bicyclic) bond motifs is 1. The van der Waals surface area contributed by atoms with Crippen molar-refractivity contribution >= 4 is 22.6 Å². The van der Waals surface area contributed by atoms with Crippen molar-refractivity contribution in [2.24, 2.45) is 0 Å². The highest BCUT2D eigenvalue weighted by atomic mass is 16.2. The van der Waals surface area contributed by atoms with Gasteiger partial charge in [-0.15, -0.1) is 0 Å². The number of likely N-dealkylation sites (tertiary alicyclic amines) is 1. The SMILES string of the molecule is Cc1ccnn1CC(=O)N[C@@H]1CC(=O)N(Cc2cccc3ccccc23)C1. The Morgan fingerprint density at radius 1 is 1.19 bits per heavy atom. The first kappa shape index (κ1) is 17.3. The number of nitrogens with zero attached hydrogens (tertiary/aromatic N) is 3. The predicted octanol–water partition coefficient (Wildman–Crippen LogP) is 2.26. The smallest absolute Gasteiger partial charge is 0.242 e. The van der Waals surface area contributed by atoms with Gasteiger partial charge in [-0.05, 0) is 29.3 Å². The van der Waals surface area contributed by atoms with E-state index in [0.717, 1.165) is 16.6 Å². The quantitative estimate of drug-likeness (QED) is 0.757. The zero-order chi connectivity index (χ0) is 18.8. The van der Waals surface area contributed by atoms with Gasteiger partial charge >= 0.3 is 0 Å². The maximum absolute atomic E-state index is 12.4. The first-order valence-corrected chi connectivity index (χ1v) is 9.12. The van der Waals surface area contributed by atoms with Gasteiger partial charge in [0.25, 0.3) is 0 Å². The van der Waals surface area contributed by atoms with Crippen molar-refractivity contribution in [3.63, 3.8) is 0 Å². The average molecular weight is 362 g/mol. The van der Waals surface area contributed by atoms with Crippen LogP contribution < -0.4 is 5.32 Å². The molecule has 1 fully saturated rings. The molecule has 0 unspecified atom stereocenters. The summed E-state index contributed by atoms with van der Waals surface area (Å²) in [5.41, 5.74) is 2.06. The molecule has 27 heavy (non-hydrogen) atoms. The molecule has 2 amide bonds. The molecule has 1 aromatic heterocycles. The summed E-state index contributed by atoms with van der Waals surface area (Å²) >= 11 is 0. The minimum absolute atomic E-state index is 0.0727. The number of carbonyl (C=O) groups excluding carboxylic acids is 2. The van der Waals surface area contributed by atoms with Gasteiger partial charge in [-0.2, -0.15) is 5.10 Å². The highest BCUT2D eigenvalue weighted by molar-refractivity contribution is 5.87. The normalized spacial score (nSPS) is 16.9. The zero-order valence-corrected chi connectivity index (χ0v) is 15.3. The molecular weight excluding hydrogens is 340 g/mol. The van der Waals surface area contributed by atoms with Crippen LogP contribution in [0.15, 0.2) is 54.7 Å². The second-order valence-corrected chi connectivity index (χ2v) is 7.01. The molecule has 3 aromatic rings. The van der Waals surface area contributed by atoms with E-state index in [1.54, 1.807) is 10.9 Å². The Morgan fingerprint density at radius 2 is 2.00 bits per heavy atom. The van der Waals surface area contributed by atoms with Gasteiger partial charge in [0.05, 0.1) is 6.04 Å². The standard InChI is InChI=1S/C21H22N4O2/c1-15-9-10-22-25(15)14-20(26)23-18-11-21(27)24(13-18)12-17-7-4-6-16-5-2-3-8-19(16)17/h2-10,18H,11-14H2,1H3,(H,23,26)/t18-/m1/s1. The van der Waals surface area contributed by atoms with E-state index < -0.39 is 0 Å². The first-order valence-electron chi connectivity index (χ1n) is 9.12. The van der Waals surface area contributed by atoms with Crippen molar-refractivity contribution in [2.45, 2.75) is 32.5 Å². The number of benzene rings is 2. The molecule has 0 spiro atoms. The molecular formula is C21H22N4O2. The third-order valence-electron chi connectivity index (χ3n) is 5.04. The minimum atomic E-state index is -0.157. The largest absolute Gasteiger partial charge is 0.349 e. The lowest BCUT2D eigenvalue weighted by Crippen LogP contribution is -2.39. The summed E-state index contributed by atoms with van der Waals surface area (Å²) in [6.07, 6.45) is 2.02. The van der Waals surface area contributed by atoms with Gasteiger partial charge in [-0.3, -0.25) is 14.3 Å². The summed E-state index contributed by atoms with van der Waals surface area (Å²) in [5.74, 6) is -0.0462. The topological polar surface area (TPSA) is 67.2 Å². The summed E-state index contributed by atoms with van der Waals surface area (Å²) < 4.78 is 1.65. The van der Waals surface area contributed by atoms with E-state index >= 15 is 0 Å². The number of amides is 2. The molecule has 0 radical (unpaired) electrons. The van der Waals surface area contributed by atoms with E-state index in [-0.39, 0.29) is 24.4 Å². The maximum atomic E-state index is 12.4. The van der Waals surface area contributed by atoms with Crippen LogP contribution >= 0.6 is 0 Å². The fourth-order valence-corrected chi connectivity index (χ4v) is 3.63. The molecule has 6 heteroatoms. The Bertz CT molecular complexity index is 989. The highest BCUT2D eigenvalue weighted by Gasteiger charge is 2.30. The van der Waals surface area contributed by atoms with E-state index in [1.807, 2.05) is 36.1 Å². The second-order valence-electron chi connectivity index (χ2n) is 7.01. The van der Waals surface area contributed by atoms with Crippen LogP contribution in [0.4, 0.5) is 0 Å². The van der Waals surface area contributed by atoms with Crippen molar-refractivity contribution < 1.29 is 9.59 Å². The molecule has 0 bridgehead atoms. The Balaban J connectivity index is 1.40. The number of hydrogen-bond acceptors (Lipinski definition) is 3. The Labute approximate surface area is 157 Å². The van der Waals surface area contributed by atoms with Crippen LogP contribution in [0.5, 0.6) is 0 Å². The van der Waals surface area contributed by atoms with Crippen molar-refractivity contribution in [3.8, 4) is 0 Å². The van der Waals surface area contributed by atoms with E-state index in [2.05, 4.69) is 34.7 Å². The lowest BCUT2D eigenvalue weighted by atomic mass is 10.0. The van der Waals surface area contributed by atoms with E-state index in [9.17, 15) is 9.59 Å². The lowest BCUT2D eigenvalue weighted by Gasteiger charge is -2.18. The number of aryl methyl sites for hydroxylation is 1. The lowest BCUT2D eigenvalue weighted by molar-refractivity contribution is -0.128. The van der Waals surface area contributed by atoms with Crippen LogP contribution in [0, 0.1) is 6.92 Å². The van der Waals surface area contributed by atoms with Gasteiger partial charge in [0, 0.05) is 31.4 Å². The molecule has 1 atom stereocenters. The molecule has 2 heterocycles. The third kappa shape index (κ3) is 3.69. The summed E-state index contributed by atoms with van der Waals surface area (Å²) in [5, 5.41) is 9.42. The van der Waals surface area contributed by atoms with Crippen molar-refractivity contribution in [2.75, 3.05) is 6.54 Å². The van der Waals surface area contributed by atoms with Crippen molar-refractivity contribution in [1.82, 2.24) is 20.0 Å². The fraction of sp³-hybridized carbons (Fsp3) is 0.286. The minimum Gasteiger partial charge on any atom is -0.349 e. The summed E-state index contributed by atoms with van der Waals surface area (Å²) in [7, 11) is 0. The first-order chi connectivity index (χ1) is 13.1. The van der Waals surface area contributed by atoms with Crippen LogP contribution in [-0.2, 0) is 22.7 Å². The molecule has 0 aliphatic carbocycles. The molecule has 1 N–H and O–H groups in total. The summed E-state index contributed by atoms with van der Waals surface area (Å²) in [6, 6.07) is 16.0. The predicted molar refractivity (Wildman–Crippen MR) is 103 cm³/mol. The van der Waals surface area contributed by atoms with Gasteiger partial charge in [0.1, 0.15) is 6.54 Å². The molecule has 1 saturated heterocycles. The molecule has 1 aliphatic heterocycles. The van der Waals surface area contributed by atoms with E-state index in [0.29, 0.717) is 19.5 Å². The number of hydrogen-bond donors (Lipinski definition) is 1. The summed E-state index contributed by atoms with van der Waals surface area (Å²) in [4.78, 5) is 26.5. The average Bonchev–Trinajstić information content (AvgIpc) is 3.20. The Kier molecular flexibility index (Phi) is 4.62. The number of nitrogens with one attached hydrogen (secondary N) is 1. The molecule has 0 saturated carbocycles. The third-order valence-corrected chi connectivity index (χ3v) is 5.04. The van der Waals surface area contributed by atoms with Gasteiger partial charge < -0.3 is 10.2 Å². The maximum Gasteiger partial charge on any atom is 0.242 e. The Morgan fingerprint density at radius 3 is 2.81 bits per heavy atom. The zero-order valence-electron chi connectivity index (χ0n) is 15.3. The van der Waals surface area contributed by atoms with E-state index in [4.69, 9.17) is 0 Å². The van der Waals surface area contributed by atoms with Crippen LogP contribution in [0.25, 0.3) is 10.8 Å². The van der Waals surface area contributed by atoms with Gasteiger partial charge in [0.15, 0.2) is 0 Å². The number of rotatable bonds is 5. The fourth-order valence-electron chi connectivity index (χ4n) is 3.63. The van der Waals surface area contributed by atoms with Gasteiger partial charge in [-0.1, -0.05) is 42.5 Å².